The molecule has 2 aromatic heterocycles. The fourth-order valence-electron chi connectivity index (χ4n) is 2.46. The number of amides is 2. The summed E-state index contributed by atoms with van der Waals surface area (Å²) >= 11 is 1.33. The van der Waals surface area contributed by atoms with Crippen molar-refractivity contribution in [3.05, 3.63) is 69.6 Å². The van der Waals surface area contributed by atoms with E-state index in [1.165, 1.54) is 17.4 Å². The Morgan fingerprint density at radius 1 is 1.11 bits per heavy atom. The first-order chi connectivity index (χ1) is 13.6. The van der Waals surface area contributed by atoms with E-state index in [1.54, 1.807) is 13.0 Å². The number of aryl methyl sites for hydroxylation is 2. The first-order valence-electron chi connectivity index (χ1n) is 8.90. The third kappa shape index (κ3) is 4.98. The molecule has 0 spiro atoms. The number of nitrogens with zero attached hydrogens (tertiary/aromatic N) is 1. The Balaban J connectivity index is 1.52. The van der Waals surface area contributed by atoms with Gasteiger partial charge in [0.1, 0.15) is 23.0 Å². The van der Waals surface area contributed by atoms with Gasteiger partial charge in [-0.05, 0) is 44.0 Å². The number of hydrazine groups is 1. The SMILES string of the molecule is CCCc1nc(C)c(C(=O)NNC(=O)c2ccc(COc3ccccc3)o2)s1. The number of hydrogen-bond acceptors (Lipinski definition) is 6. The minimum absolute atomic E-state index is 0.0830. The summed E-state index contributed by atoms with van der Waals surface area (Å²) in [5, 5.41) is 0.908. The van der Waals surface area contributed by atoms with E-state index >= 15 is 0 Å². The van der Waals surface area contributed by atoms with Crippen LogP contribution in [0.3, 0.4) is 0 Å². The number of hydrogen-bond donors (Lipinski definition) is 2. The molecule has 28 heavy (non-hydrogen) atoms. The molecular formula is C20H21N3O4S. The zero-order valence-electron chi connectivity index (χ0n) is 15.7. The number of furan rings is 1. The zero-order chi connectivity index (χ0) is 19.9. The molecule has 146 valence electrons. The highest BCUT2D eigenvalue weighted by Crippen LogP contribution is 2.19. The van der Waals surface area contributed by atoms with Crippen molar-refractivity contribution in [3.63, 3.8) is 0 Å². The molecule has 2 heterocycles. The Labute approximate surface area is 166 Å². The van der Waals surface area contributed by atoms with E-state index in [0.29, 0.717) is 22.1 Å². The van der Waals surface area contributed by atoms with E-state index in [1.807, 2.05) is 30.3 Å². The summed E-state index contributed by atoms with van der Waals surface area (Å²) in [4.78, 5) is 29.3. The molecule has 2 N–H and O–H groups in total. The van der Waals surface area contributed by atoms with Gasteiger partial charge in [0.05, 0.1) is 10.7 Å². The molecule has 3 aromatic rings. The van der Waals surface area contributed by atoms with Gasteiger partial charge in [0.15, 0.2) is 5.76 Å². The smallest absolute Gasteiger partial charge is 0.305 e. The molecular weight excluding hydrogens is 378 g/mol. The lowest BCUT2D eigenvalue weighted by atomic mass is 10.3. The Morgan fingerprint density at radius 3 is 2.61 bits per heavy atom. The Bertz CT molecular complexity index is 950. The maximum atomic E-state index is 12.3. The van der Waals surface area contributed by atoms with Crippen LogP contribution in [0.5, 0.6) is 5.75 Å². The highest BCUT2D eigenvalue weighted by atomic mass is 32.1. The average Bonchev–Trinajstić information content (AvgIpc) is 3.32. The minimum atomic E-state index is -0.546. The number of ether oxygens (including phenoxy) is 1. The predicted octanol–water partition coefficient (Wildman–Crippen LogP) is 3.65. The molecule has 8 heteroatoms. The number of carbonyl (C=O) groups is 2. The van der Waals surface area contributed by atoms with Crippen LogP contribution in [0.15, 0.2) is 46.9 Å². The summed E-state index contributed by atoms with van der Waals surface area (Å²) < 4.78 is 11.0. The van der Waals surface area contributed by atoms with Gasteiger partial charge in [0, 0.05) is 0 Å². The fraction of sp³-hybridized carbons (Fsp3) is 0.250. The number of nitrogens with one attached hydrogen (secondary N) is 2. The van der Waals surface area contributed by atoms with Crippen molar-refractivity contribution >= 4 is 23.2 Å². The van der Waals surface area contributed by atoms with Gasteiger partial charge in [-0.3, -0.25) is 20.4 Å². The molecule has 0 saturated heterocycles. The van der Waals surface area contributed by atoms with E-state index in [9.17, 15) is 9.59 Å². The number of aromatic nitrogens is 1. The van der Waals surface area contributed by atoms with Crippen LogP contribution in [0.25, 0.3) is 0 Å². The summed E-state index contributed by atoms with van der Waals surface area (Å²) in [5.41, 5.74) is 5.41. The second-order valence-corrected chi connectivity index (χ2v) is 7.13. The molecule has 0 radical (unpaired) electrons. The van der Waals surface area contributed by atoms with Crippen LogP contribution in [-0.4, -0.2) is 16.8 Å². The summed E-state index contributed by atoms with van der Waals surface area (Å²) in [6, 6.07) is 12.5. The zero-order valence-corrected chi connectivity index (χ0v) is 16.5. The van der Waals surface area contributed by atoms with Crippen molar-refractivity contribution in [2.75, 3.05) is 0 Å². The van der Waals surface area contributed by atoms with E-state index < -0.39 is 11.8 Å². The van der Waals surface area contributed by atoms with Gasteiger partial charge in [0.25, 0.3) is 5.91 Å². The van der Waals surface area contributed by atoms with Crippen LogP contribution >= 0.6 is 11.3 Å². The molecule has 0 aliphatic rings. The third-order valence-electron chi connectivity index (χ3n) is 3.81. The van der Waals surface area contributed by atoms with Crippen LogP contribution in [-0.2, 0) is 13.0 Å². The molecule has 0 atom stereocenters. The normalized spacial score (nSPS) is 10.5. The second-order valence-electron chi connectivity index (χ2n) is 6.05. The van der Waals surface area contributed by atoms with Crippen LogP contribution in [0.4, 0.5) is 0 Å². The van der Waals surface area contributed by atoms with Crippen molar-refractivity contribution in [1.29, 1.82) is 0 Å². The number of thiazole rings is 1. The quantitative estimate of drug-likeness (QED) is 0.592. The van der Waals surface area contributed by atoms with Gasteiger partial charge in [-0.25, -0.2) is 4.98 Å². The third-order valence-corrected chi connectivity index (χ3v) is 5.03. The monoisotopic (exact) mass is 399 g/mol. The molecule has 7 nitrogen and oxygen atoms in total. The first kappa shape index (κ1) is 19.6. The largest absolute Gasteiger partial charge is 0.486 e. The van der Waals surface area contributed by atoms with Gasteiger partial charge < -0.3 is 9.15 Å². The van der Waals surface area contributed by atoms with E-state index in [2.05, 4.69) is 22.8 Å². The summed E-state index contributed by atoms with van der Waals surface area (Å²) in [6.07, 6.45) is 1.78. The summed E-state index contributed by atoms with van der Waals surface area (Å²) in [6.45, 7) is 4.03. The maximum absolute atomic E-state index is 12.3. The highest BCUT2D eigenvalue weighted by Gasteiger charge is 2.17. The maximum Gasteiger partial charge on any atom is 0.305 e. The number of rotatable bonds is 7. The topological polar surface area (TPSA) is 93.5 Å². The van der Waals surface area contributed by atoms with Crippen molar-refractivity contribution in [2.24, 2.45) is 0 Å². The lowest BCUT2D eigenvalue weighted by Gasteiger charge is -2.05. The second kappa shape index (κ2) is 9.18. The van der Waals surface area contributed by atoms with Gasteiger partial charge >= 0.3 is 5.91 Å². The van der Waals surface area contributed by atoms with Gasteiger partial charge in [-0.15, -0.1) is 11.3 Å². The van der Waals surface area contributed by atoms with Crippen LogP contribution in [0, 0.1) is 6.92 Å². The lowest BCUT2D eigenvalue weighted by Crippen LogP contribution is -2.41. The van der Waals surface area contributed by atoms with Gasteiger partial charge in [-0.2, -0.15) is 0 Å². The molecule has 0 bridgehead atoms. The van der Waals surface area contributed by atoms with Gasteiger partial charge in [-0.1, -0.05) is 25.1 Å². The number of para-hydroxylation sites is 1. The Kier molecular flexibility index (Phi) is 6.44. The Morgan fingerprint density at radius 2 is 1.86 bits per heavy atom. The van der Waals surface area contributed by atoms with Crippen molar-refractivity contribution in [2.45, 2.75) is 33.3 Å². The molecule has 0 aliphatic carbocycles. The fourth-order valence-corrected chi connectivity index (χ4v) is 3.53. The summed E-state index contributed by atoms with van der Waals surface area (Å²) in [7, 11) is 0. The molecule has 1 aromatic carbocycles. The number of carbonyl (C=O) groups excluding carboxylic acids is 2. The van der Waals surface area contributed by atoms with E-state index in [4.69, 9.17) is 9.15 Å². The van der Waals surface area contributed by atoms with Crippen molar-refractivity contribution in [1.82, 2.24) is 15.8 Å². The van der Waals surface area contributed by atoms with Crippen molar-refractivity contribution < 1.29 is 18.7 Å². The molecule has 0 saturated carbocycles. The van der Waals surface area contributed by atoms with Gasteiger partial charge in [0.2, 0.25) is 0 Å². The van der Waals surface area contributed by atoms with Crippen LogP contribution in [0.2, 0.25) is 0 Å². The minimum Gasteiger partial charge on any atom is -0.486 e. The Hall–Kier alpha value is -3.13. The first-order valence-corrected chi connectivity index (χ1v) is 9.72. The van der Waals surface area contributed by atoms with Crippen molar-refractivity contribution in [3.8, 4) is 5.75 Å². The summed E-state index contributed by atoms with van der Waals surface area (Å²) in [5.74, 6) is 0.349. The van der Waals surface area contributed by atoms with Crippen LogP contribution in [0.1, 0.15) is 50.0 Å². The molecule has 2 amide bonds. The van der Waals surface area contributed by atoms with E-state index in [-0.39, 0.29) is 12.4 Å². The highest BCUT2D eigenvalue weighted by molar-refractivity contribution is 7.13. The lowest BCUT2D eigenvalue weighted by molar-refractivity contribution is 0.0830. The average molecular weight is 399 g/mol. The molecule has 3 rings (SSSR count). The molecule has 0 aliphatic heterocycles. The predicted molar refractivity (Wildman–Crippen MR) is 105 cm³/mol. The van der Waals surface area contributed by atoms with Crippen LogP contribution < -0.4 is 15.6 Å². The molecule has 0 unspecified atom stereocenters. The standard InChI is InChI=1S/C20H21N3O4S/c1-3-7-17-21-13(2)18(28-17)20(25)23-22-19(24)16-11-10-15(27-16)12-26-14-8-5-4-6-9-14/h4-6,8-11H,3,7,12H2,1-2H3,(H,22,24)(H,23,25). The van der Waals surface area contributed by atoms with E-state index in [0.717, 1.165) is 17.8 Å². The number of benzene rings is 1. The molecule has 0 fully saturated rings.